The Labute approximate surface area is 98.9 Å². The van der Waals surface area contributed by atoms with Crippen LogP contribution in [0.3, 0.4) is 0 Å². The highest BCUT2D eigenvalue weighted by Crippen LogP contribution is 2.14. The number of halogens is 3. The minimum absolute atomic E-state index is 0.178. The molecule has 1 heterocycles. The zero-order valence-electron chi connectivity index (χ0n) is 8.96. The van der Waals surface area contributed by atoms with Gasteiger partial charge in [0.2, 0.25) is 0 Å². The first kappa shape index (κ1) is 15.6. The zero-order valence-corrected chi connectivity index (χ0v) is 9.78. The van der Waals surface area contributed by atoms with Gasteiger partial charge in [-0.2, -0.15) is 13.2 Å². The van der Waals surface area contributed by atoms with Crippen LogP contribution < -0.4 is 5.11 Å². The molecule has 0 amide bonds. The van der Waals surface area contributed by atoms with Gasteiger partial charge in [0.15, 0.2) is 0 Å². The van der Waals surface area contributed by atoms with Gasteiger partial charge >= 0.3 is 23.6 Å². The molecule has 0 fully saturated rings. The lowest BCUT2D eigenvalue weighted by atomic mass is 10.2. The van der Waals surface area contributed by atoms with E-state index in [0.717, 1.165) is 10.6 Å². The van der Waals surface area contributed by atoms with Gasteiger partial charge in [-0.3, -0.25) is 4.79 Å². The van der Waals surface area contributed by atoms with Crippen molar-refractivity contribution < 1.29 is 31.7 Å². The third-order valence-electron chi connectivity index (χ3n) is 1.30. The number of carbonyl (C=O) groups is 2. The maximum absolute atomic E-state index is 10.6. The maximum atomic E-state index is 10.6. The first-order chi connectivity index (χ1) is 7.62. The van der Waals surface area contributed by atoms with Crippen molar-refractivity contribution in [2.75, 3.05) is 0 Å². The number of alkyl halides is 3. The van der Waals surface area contributed by atoms with Gasteiger partial charge in [-0.25, -0.2) is 0 Å². The summed E-state index contributed by atoms with van der Waals surface area (Å²) in [5, 5.41) is 8.78. The fraction of sp³-hybridized carbons (Fsp3) is 0.444. The minimum atomic E-state index is -5.19. The number of rotatable bonds is 2. The number of carboxylic acids is 1. The fourth-order valence-corrected chi connectivity index (χ4v) is 1.48. The summed E-state index contributed by atoms with van der Waals surface area (Å²) in [6, 6.07) is 1.89. The molecule has 0 spiro atoms. The largest absolute Gasteiger partial charge is 0.542 e. The SMILES string of the molecule is CC(=O)Cc1cc(C)[o+]s1.O=C([O-])C(F)(F)F. The predicted octanol–water partition coefficient (Wildman–Crippen LogP) is 1.36. The van der Waals surface area contributed by atoms with E-state index in [9.17, 15) is 18.0 Å². The molecule has 1 aromatic rings. The number of hydrogen-bond acceptors (Lipinski definition) is 4. The van der Waals surface area contributed by atoms with Crippen molar-refractivity contribution >= 4 is 23.4 Å². The lowest BCUT2D eigenvalue weighted by Crippen LogP contribution is -2.37. The summed E-state index contributed by atoms with van der Waals surface area (Å²) in [5.74, 6) is -1.95. The average Bonchev–Trinajstić information content (AvgIpc) is 2.49. The quantitative estimate of drug-likeness (QED) is 0.761. The number of carbonyl (C=O) groups excluding carboxylic acids is 2. The normalized spacial score (nSPS) is 10.4. The Morgan fingerprint density at radius 2 is 1.94 bits per heavy atom. The van der Waals surface area contributed by atoms with E-state index in [4.69, 9.17) is 13.8 Å². The third kappa shape index (κ3) is 7.45. The smallest absolute Gasteiger partial charge is 0.430 e. The monoisotopic (exact) mass is 270 g/mol. The van der Waals surface area contributed by atoms with Crippen molar-refractivity contribution in [2.45, 2.75) is 26.4 Å². The molecule has 0 saturated heterocycles. The predicted molar refractivity (Wildman–Crippen MR) is 51.2 cm³/mol. The van der Waals surface area contributed by atoms with Crippen LogP contribution in [-0.4, -0.2) is 17.9 Å². The molecule has 0 aliphatic carbocycles. The summed E-state index contributed by atoms with van der Waals surface area (Å²) in [6.07, 6.45) is -4.69. The number of carboxylic acid groups (broad SMARTS) is 1. The van der Waals surface area contributed by atoms with E-state index in [1.807, 2.05) is 13.0 Å². The van der Waals surface area contributed by atoms with Crippen LogP contribution >= 0.6 is 11.6 Å². The second-order valence-electron chi connectivity index (χ2n) is 3.05. The Kier molecular flexibility index (Phi) is 5.80. The number of aliphatic carboxylic acids is 1. The van der Waals surface area contributed by atoms with Crippen molar-refractivity contribution in [2.24, 2.45) is 0 Å². The summed E-state index contributed by atoms with van der Waals surface area (Å²) in [4.78, 5) is 20.4. The average molecular weight is 270 g/mol. The van der Waals surface area contributed by atoms with Crippen LogP contribution in [0.5, 0.6) is 0 Å². The molecule has 1 rings (SSSR count). The van der Waals surface area contributed by atoms with Crippen LogP contribution in [0.15, 0.2) is 9.92 Å². The Morgan fingerprint density at radius 1 is 1.47 bits per heavy atom. The van der Waals surface area contributed by atoms with Gasteiger partial charge in [-0.1, -0.05) is 0 Å². The molecule has 0 aromatic carbocycles. The van der Waals surface area contributed by atoms with Gasteiger partial charge in [0.25, 0.3) is 0 Å². The Balaban J connectivity index is 0.000000325. The standard InChI is InChI=1S/C7H9O2S.C2HF3O2/c1-5(8)3-7-4-6(2)9-10-7;3-2(4,5)1(6)7/h4H,3H2,1-2H3;(H,6,7)/q+1;/p-1. The number of Topliss-reactive ketones (excluding diaryl/α,β-unsaturated/α-hetero) is 1. The molecular formula is C9H9F3O4S. The van der Waals surface area contributed by atoms with Crippen molar-refractivity contribution in [3.63, 3.8) is 0 Å². The minimum Gasteiger partial charge on any atom is -0.542 e. The van der Waals surface area contributed by atoms with Crippen LogP contribution in [0, 0.1) is 6.92 Å². The van der Waals surface area contributed by atoms with Crippen molar-refractivity contribution in [1.29, 1.82) is 0 Å². The van der Waals surface area contributed by atoms with E-state index < -0.39 is 12.1 Å². The lowest BCUT2D eigenvalue weighted by molar-refractivity contribution is -0.344. The van der Waals surface area contributed by atoms with Crippen LogP contribution in [0.4, 0.5) is 13.2 Å². The Bertz CT molecular complexity index is 397. The van der Waals surface area contributed by atoms with Gasteiger partial charge in [0, 0.05) is 6.42 Å². The molecule has 0 saturated carbocycles. The third-order valence-corrected chi connectivity index (χ3v) is 2.12. The molecule has 0 unspecified atom stereocenters. The molecule has 1 aromatic heterocycles. The van der Waals surface area contributed by atoms with Crippen molar-refractivity contribution in [1.82, 2.24) is 0 Å². The molecule has 0 radical (unpaired) electrons. The Morgan fingerprint density at radius 3 is 2.18 bits per heavy atom. The number of ketones is 1. The zero-order chi connectivity index (χ0) is 13.6. The number of hydrogen-bond donors (Lipinski definition) is 0. The van der Waals surface area contributed by atoms with Gasteiger partial charge in [-0.05, 0) is 6.92 Å². The second-order valence-corrected chi connectivity index (χ2v) is 3.91. The van der Waals surface area contributed by atoms with E-state index >= 15 is 0 Å². The van der Waals surface area contributed by atoms with Crippen LogP contribution in [-0.2, 0) is 16.0 Å². The summed E-state index contributed by atoms with van der Waals surface area (Å²) in [7, 11) is 0. The molecule has 0 aliphatic heterocycles. The fourth-order valence-electron chi connectivity index (χ4n) is 0.720. The van der Waals surface area contributed by atoms with Crippen LogP contribution in [0.1, 0.15) is 17.6 Å². The molecule has 8 heteroatoms. The highest BCUT2D eigenvalue weighted by Gasteiger charge is 2.28. The molecule has 4 nitrogen and oxygen atoms in total. The summed E-state index contributed by atoms with van der Waals surface area (Å²) in [5.41, 5.74) is 0. The van der Waals surface area contributed by atoms with E-state index in [-0.39, 0.29) is 5.78 Å². The van der Waals surface area contributed by atoms with E-state index in [1.54, 1.807) is 6.92 Å². The lowest BCUT2D eigenvalue weighted by Gasteiger charge is -2.03. The van der Waals surface area contributed by atoms with Crippen molar-refractivity contribution in [3.05, 3.63) is 16.7 Å². The van der Waals surface area contributed by atoms with E-state index in [2.05, 4.69) is 0 Å². The maximum Gasteiger partial charge on any atom is 0.430 e. The van der Waals surface area contributed by atoms with Crippen molar-refractivity contribution in [3.8, 4) is 0 Å². The second kappa shape index (κ2) is 6.33. The molecule has 96 valence electrons. The van der Waals surface area contributed by atoms with Gasteiger partial charge < -0.3 is 9.90 Å². The highest BCUT2D eigenvalue weighted by molar-refractivity contribution is 7.03. The summed E-state index contributed by atoms with van der Waals surface area (Å²) >= 11 is 1.28. The molecule has 0 atom stereocenters. The first-order valence-corrected chi connectivity index (χ1v) is 5.03. The van der Waals surface area contributed by atoms with Crippen LogP contribution in [0.25, 0.3) is 0 Å². The van der Waals surface area contributed by atoms with Gasteiger partial charge in [-0.15, -0.1) is 3.85 Å². The Hall–Kier alpha value is -1.44. The molecule has 0 aliphatic rings. The summed E-state index contributed by atoms with van der Waals surface area (Å²) < 4.78 is 36.6. The molecule has 0 N–H and O–H groups in total. The first-order valence-electron chi connectivity index (χ1n) is 4.29. The molecular weight excluding hydrogens is 261 g/mol. The van der Waals surface area contributed by atoms with Crippen LogP contribution in [0.2, 0.25) is 0 Å². The molecule has 0 bridgehead atoms. The topological polar surface area (TPSA) is 68.5 Å². The van der Waals surface area contributed by atoms with Gasteiger partial charge in [0.05, 0.1) is 13.0 Å². The molecule has 17 heavy (non-hydrogen) atoms. The summed E-state index contributed by atoms with van der Waals surface area (Å²) in [6.45, 7) is 3.45. The van der Waals surface area contributed by atoms with E-state index in [0.29, 0.717) is 6.42 Å². The van der Waals surface area contributed by atoms with E-state index in [1.165, 1.54) is 11.6 Å². The number of aryl methyl sites for hydroxylation is 1. The van der Waals surface area contributed by atoms with Gasteiger partial charge in [0.1, 0.15) is 16.6 Å². The highest BCUT2D eigenvalue weighted by atomic mass is 32.1.